The Bertz CT molecular complexity index is 1460. The number of thiophene rings is 1. The van der Waals surface area contributed by atoms with Gasteiger partial charge in [-0.2, -0.15) is 23.4 Å². The van der Waals surface area contributed by atoms with Crippen LogP contribution in [0.3, 0.4) is 0 Å². The lowest BCUT2D eigenvalue weighted by molar-refractivity contribution is -0.140. The first-order valence-electron chi connectivity index (χ1n) is 10.3. The van der Waals surface area contributed by atoms with E-state index in [9.17, 15) is 22.8 Å². The molecule has 35 heavy (non-hydrogen) atoms. The molecule has 4 heterocycles. The van der Waals surface area contributed by atoms with Crippen LogP contribution in [-0.4, -0.2) is 36.4 Å². The number of hydrogen-bond donors (Lipinski definition) is 2. The van der Waals surface area contributed by atoms with Crippen molar-refractivity contribution in [2.45, 2.75) is 39.5 Å². The van der Waals surface area contributed by atoms with E-state index in [-0.39, 0.29) is 26.3 Å². The van der Waals surface area contributed by atoms with Crippen molar-refractivity contribution in [3.63, 3.8) is 0 Å². The maximum absolute atomic E-state index is 13.7. The number of rotatable bonds is 6. The minimum absolute atomic E-state index is 0.000412. The number of carbonyl (C=O) groups is 2. The first-order valence-corrected chi connectivity index (χ1v) is 11.9. The van der Waals surface area contributed by atoms with Gasteiger partial charge in [0, 0.05) is 29.4 Å². The Hall–Kier alpha value is -3.26. The summed E-state index contributed by atoms with van der Waals surface area (Å²) < 4.78 is 44.8. The number of halogens is 4. The van der Waals surface area contributed by atoms with Crippen molar-refractivity contribution >= 4 is 55.0 Å². The third kappa shape index (κ3) is 4.55. The van der Waals surface area contributed by atoms with Gasteiger partial charge in [-0.25, -0.2) is 4.98 Å². The van der Waals surface area contributed by atoms with Crippen molar-refractivity contribution in [3.8, 4) is 11.1 Å². The van der Waals surface area contributed by atoms with Gasteiger partial charge in [0.25, 0.3) is 5.91 Å². The molecule has 0 saturated carbocycles. The molecule has 0 aliphatic heterocycles. The molecule has 1 atom stereocenters. The van der Waals surface area contributed by atoms with Crippen LogP contribution in [0, 0.1) is 6.92 Å². The summed E-state index contributed by atoms with van der Waals surface area (Å²) in [4.78, 5) is 28.9. The lowest BCUT2D eigenvalue weighted by Crippen LogP contribution is -2.25. The van der Waals surface area contributed by atoms with E-state index in [1.807, 2.05) is 6.92 Å². The normalized spacial score (nSPS) is 12.8. The molecule has 0 aliphatic carbocycles. The van der Waals surface area contributed by atoms with E-state index < -0.39 is 29.7 Å². The second-order valence-corrected chi connectivity index (χ2v) is 9.58. The van der Waals surface area contributed by atoms with Gasteiger partial charge < -0.3 is 11.1 Å². The summed E-state index contributed by atoms with van der Waals surface area (Å²) in [5, 5.41) is 11.2. The highest BCUT2D eigenvalue weighted by Crippen LogP contribution is 2.44. The standard InChI is InChI=1S/C21H19BrF3N7O2S/c1-4-31-9(2)13(7-28-31)12-5-14(21(23,24)25)29-20-15(12)16(17(35-20)18(26)33)30-19(34)10(3)32-8-11(22)6-27-32/h5-8,10H,4H2,1-3H3,(H2,26,33)(H,30,34). The number of anilines is 1. The molecule has 14 heteroatoms. The molecule has 0 radical (unpaired) electrons. The van der Waals surface area contributed by atoms with Crippen molar-refractivity contribution in [2.75, 3.05) is 5.32 Å². The number of aromatic nitrogens is 5. The zero-order valence-electron chi connectivity index (χ0n) is 18.6. The van der Waals surface area contributed by atoms with Crippen LogP contribution >= 0.6 is 27.3 Å². The number of nitrogens with one attached hydrogen (secondary N) is 1. The lowest BCUT2D eigenvalue weighted by atomic mass is 10.0. The molecule has 3 N–H and O–H groups in total. The Morgan fingerprint density at radius 2 is 1.97 bits per heavy atom. The summed E-state index contributed by atoms with van der Waals surface area (Å²) in [5.74, 6) is -1.45. The molecule has 0 aliphatic rings. The molecular weight excluding hydrogens is 551 g/mol. The SMILES string of the molecule is CCn1ncc(-c2cc(C(F)(F)F)nc3sc(C(N)=O)c(NC(=O)C(C)n4cc(Br)cn4)c23)c1C. The third-order valence-electron chi connectivity index (χ3n) is 5.46. The largest absolute Gasteiger partial charge is 0.433 e. The Kier molecular flexibility index (Phi) is 6.44. The molecule has 0 fully saturated rings. The highest BCUT2D eigenvalue weighted by atomic mass is 79.9. The molecule has 0 saturated heterocycles. The number of amides is 2. The van der Waals surface area contributed by atoms with Crippen molar-refractivity contribution in [3.05, 3.63) is 45.4 Å². The summed E-state index contributed by atoms with van der Waals surface area (Å²) in [7, 11) is 0. The first kappa shape index (κ1) is 24.9. The van der Waals surface area contributed by atoms with Crippen LogP contribution in [-0.2, 0) is 17.5 Å². The fourth-order valence-electron chi connectivity index (χ4n) is 3.65. The van der Waals surface area contributed by atoms with Crippen molar-refractivity contribution < 1.29 is 22.8 Å². The van der Waals surface area contributed by atoms with E-state index in [4.69, 9.17) is 5.73 Å². The van der Waals surface area contributed by atoms with Gasteiger partial charge in [0.05, 0.1) is 22.6 Å². The summed E-state index contributed by atoms with van der Waals surface area (Å²) in [6, 6.07) is 0.0977. The molecule has 0 spiro atoms. The van der Waals surface area contributed by atoms with Crippen molar-refractivity contribution in [1.82, 2.24) is 24.5 Å². The Balaban J connectivity index is 1.95. The molecule has 1 unspecified atom stereocenters. The first-order chi connectivity index (χ1) is 16.4. The average Bonchev–Trinajstić information content (AvgIpc) is 3.48. The van der Waals surface area contributed by atoms with E-state index >= 15 is 0 Å². The number of pyridine rings is 1. The number of aryl methyl sites for hydroxylation is 1. The van der Waals surface area contributed by atoms with E-state index in [2.05, 4.69) is 36.4 Å². The molecule has 0 bridgehead atoms. The average molecular weight is 570 g/mol. The monoisotopic (exact) mass is 569 g/mol. The Morgan fingerprint density at radius 1 is 1.26 bits per heavy atom. The van der Waals surface area contributed by atoms with E-state index in [1.165, 1.54) is 17.1 Å². The van der Waals surface area contributed by atoms with E-state index in [0.717, 1.165) is 6.07 Å². The van der Waals surface area contributed by atoms with Crippen LogP contribution < -0.4 is 11.1 Å². The molecule has 4 aromatic rings. The zero-order valence-corrected chi connectivity index (χ0v) is 21.0. The molecule has 4 rings (SSSR count). The van der Waals surface area contributed by atoms with Gasteiger partial charge in [-0.15, -0.1) is 11.3 Å². The third-order valence-corrected chi connectivity index (χ3v) is 6.97. The Labute approximate surface area is 209 Å². The van der Waals surface area contributed by atoms with Crippen molar-refractivity contribution in [2.24, 2.45) is 5.73 Å². The van der Waals surface area contributed by atoms with Gasteiger partial charge >= 0.3 is 6.18 Å². The summed E-state index contributed by atoms with van der Waals surface area (Å²) >= 11 is 3.95. The van der Waals surface area contributed by atoms with Gasteiger partial charge in [-0.05, 0) is 48.3 Å². The van der Waals surface area contributed by atoms with Gasteiger partial charge in [0.15, 0.2) is 0 Å². The van der Waals surface area contributed by atoms with Gasteiger partial charge in [-0.1, -0.05) is 0 Å². The maximum Gasteiger partial charge on any atom is 0.433 e. The molecule has 4 aromatic heterocycles. The summed E-state index contributed by atoms with van der Waals surface area (Å²) in [6.45, 7) is 5.67. The number of nitrogens with two attached hydrogens (primary N) is 1. The highest BCUT2D eigenvalue weighted by Gasteiger charge is 2.35. The van der Waals surface area contributed by atoms with Crippen LogP contribution in [0.4, 0.5) is 18.9 Å². The number of fused-ring (bicyclic) bond motifs is 1. The zero-order chi connectivity index (χ0) is 25.7. The molecule has 9 nitrogen and oxygen atoms in total. The number of carbonyl (C=O) groups excluding carboxylic acids is 2. The van der Waals surface area contributed by atoms with Crippen LogP contribution in [0.15, 0.2) is 29.1 Å². The van der Waals surface area contributed by atoms with Gasteiger partial charge in [-0.3, -0.25) is 19.0 Å². The molecular formula is C21H19BrF3N7O2S. The fourth-order valence-corrected chi connectivity index (χ4v) is 4.96. The van der Waals surface area contributed by atoms with Gasteiger partial charge in [0.1, 0.15) is 21.4 Å². The molecule has 184 valence electrons. The van der Waals surface area contributed by atoms with Crippen LogP contribution in [0.25, 0.3) is 21.3 Å². The fraction of sp³-hybridized carbons (Fsp3) is 0.286. The molecule has 2 amide bonds. The Morgan fingerprint density at radius 3 is 2.51 bits per heavy atom. The quantitative estimate of drug-likeness (QED) is 0.346. The topological polar surface area (TPSA) is 121 Å². The highest BCUT2D eigenvalue weighted by molar-refractivity contribution is 9.10. The van der Waals surface area contributed by atoms with Gasteiger partial charge in [0.2, 0.25) is 5.91 Å². The predicted octanol–water partition coefficient (Wildman–Crippen LogP) is 4.76. The second kappa shape index (κ2) is 9.07. The number of primary amides is 1. The maximum atomic E-state index is 13.7. The summed E-state index contributed by atoms with van der Waals surface area (Å²) in [5.41, 5.74) is 5.58. The second-order valence-electron chi connectivity index (χ2n) is 7.67. The number of alkyl halides is 3. The van der Waals surface area contributed by atoms with Crippen LogP contribution in [0.2, 0.25) is 0 Å². The lowest BCUT2D eigenvalue weighted by Gasteiger charge is -2.15. The minimum Gasteiger partial charge on any atom is -0.365 e. The number of hydrogen-bond acceptors (Lipinski definition) is 6. The minimum atomic E-state index is -4.74. The smallest absolute Gasteiger partial charge is 0.365 e. The van der Waals surface area contributed by atoms with E-state index in [0.29, 0.717) is 33.6 Å². The number of nitrogens with zero attached hydrogens (tertiary/aromatic N) is 5. The predicted molar refractivity (Wildman–Crippen MR) is 128 cm³/mol. The van der Waals surface area contributed by atoms with Crippen LogP contribution in [0.5, 0.6) is 0 Å². The van der Waals surface area contributed by atoms with E-state index in [1.54, 1.807) is 24.7 Å². The van der Waals surface area contributed by atoms with Crippen molar-refractivity contribution in [1.29, 1.82) is 0 Å². The molecule has 0 aromatic carbocycles. The van der Waals surface area contributed by atoms with Crippen LogP contribution in [0.1, 0.15) is 40.9 Å². The summed E-state index contributed by atoms with van der Waals surface area (Å²) in [6.07, 6.45) is -0.186.